The number of thiophene rings is 1. The van der Waals surface area contributed by atoms with Crippen molar-refractivity contribution < 1.29 is 5.11 Å². The van der Waals surface area contributed by atoms with Crippen molar-refractivity contribution in [3.63, 3.8) is 0 Å². The Morgan fingerprint density at radius 3 is 2.93 bits per heavy atom. The number of aliphatic hydroxyl groups excluding tert-OH is 1. The zero-order chi connectivity index (χ0) is 10.4. The van der Waals surface area contributed by atoms with Crippen LogP contribution in [0.1, 0.15) is 24.2 Å². The molecule has 1 aromatic rings. The molecule has 2 unspecified atom stereocenters. The van der Waals surface area contributed by atoms with Gasteiger partial charge in [-0.15, -0.1) is 11.8 Å². The summed E-state index contributed by atoms with van der Waals surface area (Å²) < 4.78 is 0. The van der Waals surface area contributed by atoms with Crippen molar-refractivity contribution in [1.29, 1.82) is 0 Å². The van der Waals surface area contributed by atoms with E-state index in [2.05, 4.69) is 23.8 Å². The lowest BCUT2D eigenvalue weighted by Gasteiger charge is -2.21. The van der Waals surface area contributed by atoms with Crippen LogP contribution in [0.5, 0.6) is 0 Å². The summed E-state index contributed by atoms with van der Waals surface area (Å²) in [6.45, 7) is 2.32. The van der Waals surface area contributed by atoms with Crippen LogP contribution in [0, 0.1) is 0 Å². The standard InChI is InChI=1S/C10H17NOS2/c1-2-9(11)10(14-6-4-12)8-3-5-13-7-8/h3,5,7,9-10,12H,2,4,6,11H2,1H3. The van der Waals surface area contributed by atoms with Crippen molar-refractivity contribution in [2.75, 3.05) is 12.4 Å². The quantitative estimate of drug-likeness (QED) is 0.789. The minimum absolute atomic E-state index is 0.182. The fraction of sp³-hybridized carbons (Fsp3) is 0.600. The molecule has 80 valence electrons. The van der Waals surface area contributed by atoms with E-state index in [1.807, 2.05) is 0 Å². The number of hydrogen-bond donors (Lipinski definition) is 2. The minimum Gasteiger partial charge on any atom is -0.396 e. The van der Waals surface area contributed by atoms with Crippen LogP contribution in [-0.2, 0) is 0 Å². The third-order valence-electron chi connectivity index (χ3n) is 2.12. The summed E-state index contributed by atoms with van der Waals surface area (Å²) >= 11 is 3.44. The molecule has 1 aromatic heterocycles. The first-order valence-electron chi connectivity index (χ1n) is 4.79. The Balaban J connectivity index is 2.62. The first-order valence-corrected chi connectivity index (χ1v) is 6.78. The molecular formula is C10H17NOS2. The van der Waals surface area contributed by atoms with Crippen molar-refractivity contribution in [2.24, 2.45) is 5.73 Å². The van der Waals surface area contributed by atoms with Crippen LogP contribution in [0.3, 0.4) is 0 Å². The first-order chi connectivity index (χ1) is 6.79. The molecule has 2 nitrogen and oxygen atoms in total. The number of nitrogens with two attached hydrogens (primary N) is 1. The molecular weight excluding hydrogens is 214 g/mol. The highest BCUT2D eigenvalue weighted by atomic mass is 32.2. The van der Waals surface area contributed by atoms with E-state index in [4.69, 9.17) is 10.8 Å². The van der Waals surface area contributed by atoms with Gasteiger partial charge in [0.2, 0.25) is 0 Å². The Bertz CT molecular complexity index is 238. The molecule has 4 heteroatoms. The van der Waals surface area contributed by atoms with Crippen molar-refractivity contribution in [3.8, 4) is 0 Å². The smallest absolute Gasteiger partial charge is 0.0521 e. The molecule has 0 aliphatic heterocycles. The van der Waals surface area contributed by atoms with Gasteiger partial charge >= 0.3 is 0 Å². The SMILES string of the molecule is CCC(N)C(SCCO)c1ccsc1. The molecule has 0 fully saturated rings. The van der Waals surface area contributed by atoms with Gasteiger partial charge < -0.3 is 10.8 Å². The Morgan fingerprint density at radius 1 is 1.64 bits per heavy atom. The van der Waals surface area contributed by atoms with E-state index in [0.717, 1.165) is 12.2 Å². The summed E-state index contributed by atoms with van der Waals surface area (Å²) in [5, 5.41) is 13.4. The topological polar surface area (TPSA) is 46.2 Å². The molecule has 0 aliphatic rings. The summed E-state index contributed by atoms with van der Waals surface area (Å²) in [5.41, 5.74) is 7.35. The summed E-state index contributed by atoms with van der Waals surface area (Å²) in [4.78, 5) is 0. The van der Waals surface area contributed by atoms with Crippen molar-refractivity contribution in [3.05, 3.63) is 22.4 Å². The number of rotatable bonds is 6. The average molecular weight is 231 g/mol. The molecule has 14 heavy (non-hydrogen) atoms. The lowest BCUT2D eigenvalue weighted by Crippen LogP contribution is -2.25. The minimum atomic E-state index is 0.182. The van der Waals surface area contributed by atoms with Crippen LogP contribution in [0.4, 0.5) is 0 Å². The van der Waals surface area contributed by atoms with Crippen LogP contribution in [0.15, 0.2) is 16.8 Å². The van der Waals surface area contributed by atoms with E-state index >= 15 is 0 Å². The third-order valence-corrected chi connectivity index (χ3v) is 4.22. The Hall–Kier alpha value is -0.0300. The van der Waals surface area contributed by atoms with Crippen LogP contribution in [0.2, 0.25) is 0 Å². The molecule has 0 amide bonds. The highest BCUT2D eigenvalue weighted by Crippen LogP contribution is 2.33. The number of thioether (sulfide) groups is 1. The Labute approximate surface area is 93.5 Å². The van der Waals surface area contributed by atoms with Crippen molar-refractivity contribution >= 4 is 23.1 Å². The van der Waals surface area contributed by atoms with Gasteiger partial charge in [-0.25, -0.2) is 0 Å². The van der Waals surface area contributed by atoms with Gasteiger partial charge in [-0.2, -0.15) is 11.3 Å². The zero-order valence-electron chi connectivity index (χ0n) is 8.35. The second-order valence-corrected chi connectivity index (χ2v) is 5.17. The summed E-state index contributed by atoms with van der Waals surface area (Å²) in [6, 6.07) is 2.30. The van der Waals surface area contributed by atoms with Crippen LogP contribution in [0.25, 0.3) is 0 Å². The summed E-state index contributed by atoms with van der Waals surface area (Å²) in [5.74, 6) is 0.758. The largest absolute Gasteiger partial charge is 0.396 e. The second kappa shape index (κ2) is 6.45. The molecule has 0 saturated heterocycles. The summed E-state index contributed by atoms with van der Waals surface area (Å²) in [7, 11) is 0. The maximum absolute atomic E-state index is 8.81. The predicted octanol–water partition coefficient (Wildman–Crippen LogP) is 2.25. The Kier molecular flexibility index (Phi) is 5.55. The molecule has 0 aromatic carbocycles. The molecule has 0 saturated carbocycles. The van der Waals surface area contributed by atoms with Gasteiger partial charge in [-0.3, -0.25) is 0 Å². The molecule has 1 rings (SSSR count). The number of hydrogen-bond acceptors (Lipinski definition) is 4. The van der Waals surface area contributed by atoms with Crippen LogP contribution >= 0.6 is 23.1 Å². The lowest BCUT2D eigenvalue weighted by molar-refractivity contribution is 0.322. The van der Waals surface area contributed by atoms with Gasteiger partial charge in [0.05, 0.1) is 6.61 Å². The summed E-state index contributed by atoms with van der Waals surface area (Å²) in [6.07, 6.45) is 0.971. The molecule has 0 radical (unpaired) electrons. The molecule has 2 atom stereocenters. The number of aliphatic hydroxyl groups is 1. The fourth-order valence-corrected chi connectivity index (χ4v) is 3.22. The van der Waals surface area contributed by atoms with E-state index in [9.17, 15) is 0 Å². The highest BCUT2D eigenvalue weighted by Gasteiger charge is 2.18. The normalized spacial score (nSPS) is 15.4. The molecule has 1 heterocycles. The Morgan fingerprint density at radius 2 is 2.43 bits per heavy atom. The van der Waals surface area contributed by atoms with Gasteiger partial charge in [0, 0.05) is 17.0 Å². The molecule has 0 spiro atoms. The van der Waals surface area contributed by atoms with Crippen LogP contribution in [-0.4, -0.2) is 23.5 Å². The highest BCUT2D eigenvalue weighted by molar-refractivity contribution is 7.99. The van der Waals surface area contributed by atoms with Crippen LogP contribution < -0.4 is 5.73 Å². The van der Waals surface area contributed by atoms with Gasteiger partial charge in [0.1, 0.15) is 0 Å². The maximum Gasteiger partial charge on any atom is 0.0521 e. The zero-order valence-corrected chi connectivity index (χ0v) is 9.98. The predicted molar refractivity (Wildman–Crippen MR) is 64.9 cm³/mol. The second-order valence-electron chi connectivity index (χ2n) is 3.14. The van der Waals surface area contributed by atoms with Crippen molar-refractivity contribution in [2.45, 2.75) is 24.6 Å². The maximum atomic E-state index is 8.81. The van der Waals surface area contributed by atoms with Gasteiger partial charge in [0.25, 0.3) is 0 Å². The van der Waals surface area contributed by atoms with E-state index in [1.54, 1.807) is 23.1 Å². The van der Waals surface area contributed by atoms with E-state index in [-0.39, 0.29) is 12.6 Å². The van der Waals surface area contributed by atoms with Gasteiger partial charge in [-0.05, 0) is 28.8 Å². The van der Waals surface area contributed by atoms with E-state index in [0.29, 0.717) is 5.25 Å². The van der Waals surface area contributed by atoms with Crippen molar-refractivity contribution in [1.82, 2.24) is 0 Å². The molecule has 0 aliphatic carbocycles. The molecule has 3 N–H and O–H groups in total. The molecule has 0 bridgehead atoms. The monoisotopic (exact) mass is 231 g/mol. The van der Waals surface area contributed by atoms with E-state index < -0.39 is 0 Å². The first kappa shape index (κ1) is 12.0. The van der Waals surface area contributed by atoms with Gasteiger partial charge in [0.15, 0.2) is 0 Å². The average Bonchev–Trinajstić information content (AvgIpc) is 2.71. The van der Waals surface area contributed by atoms with Gasteiger partial charge in [-0.1, -0.05) is 6.92 Å². The van der Waals surface area contributed by atoms with E-state index in [1.165, 1.54) is 5.56 Å². The lowest BCUT2D eigenvalue weighted by atomic mass is 10.1. The fourth-order valence-electron chi connectivity index (χ4n) is 1.30. The third kappa shape index (κ3) is 3.28.